The Kier molecular flexibility index (Phi) is 3.49. The molecule has 126 valence electrons. The standard InChI is InChI=1S/C21H30O2/c1-4-21(23)13(2)11-19-18-7-5-14-12-15(22)6-8-16(14)17(18)9-10-20(19,21)3/h1,5,13,15-19,22-23H,6-12H2,2-3H3/t13-,15-,16+,17?,18?,19?,20+,21+/m1/s1. The lowest BCUT2D eigenvalue weighted by atomic mass is 9.51. The number of allylic oxidation sites excluding steroid dienone is 1. The zero-order valence-corrected chi connectivity index (χ0v) is 14.5. The smallest absolute Gasteiger partial charge is 0.133 e. The molecule has 3 fully saturated rings. The average Bonchev–Trinajstić information content (AvgIpc) is 2.75. The molecule has 4 aliphatic rings. The highest BCUT2D eigenvalue weighted by atomic mass is 16.3. The summed E-state index contributed by atoms with van der Waals surface area (Å²) in [5.74, 6) is 5.62. The lowest BCUT2D eigenvalue weighted by molar-refractivity contribution is -0.0925. The normalized spacial score (nSPS) is 55.2. The van der Waals surface area contributed by atoms with E-state index in [1.54, 1.807) is 0 Å². The van der Waals surface area contributed by atoms with Crippen molar-refractivity contribution in [1.29, 1.82) is 0 Å². The molecule has 0 heterocycles. The molecule has 3 saturated carbocycles. The van der Waals surface area contributed by atoms with Gasteiger partial charge in [0.25, 0.3) is 0 Å². The van der Waals surface area contributed by atoms with E-state index < -0.39 is 5.60 Å². The maximum atomic E-state index is 11.2. The van der Waals surface area contributed by atoms with Gasteiger partial charge in [0.2, 0.25) is 0 Å². The summed E-state index contributed by atoms with van der Waals surface area (Å²) in [6.45, 7) is 4.39. The first-order valence-electron chi connectivity index (χ1n) is 9.48. The molecule has 0 aromatic heterocycles. The first-order valence-corrected chi connectivity index (χ1v) is 9.48. The summed E-state index contributed by atoms with van der Waals surface area (Å²) >= 11 is 0. The lowest BCUT2D eigenvalue weighted by Crippen LogP contribution is -2.53. The summed E-state index contributed by atoms with van der Waals surface area (Å²) in [4.78, 5) is 0. The van der Waals surface area contributed by atoms with Crippen LogP contribution in [0.4, 0.5) is 0 Å². The molecule has 2 nitrogen and oxygen atoms in total. The second-order valence-electron chi connectivity index (χ2n) is 8.99. The first kappa shape index (κ1) is 15.7. The monoisotopic (exact) mass is 314 g/mol. The van der Waals surface area contributed by atoms with Gasteiger partial charge < -0.3 is 10.2 Å². The van der Waals surface area contributed by atoms with Crippen LogP contribution in [0.5, 0.6) is 0 Å². The number of hydrogen-bond acceptors (Lipinski definition) is 2. The van der Waals surface area contributed by atoms with E-state index in [-0.39, 0.29) is 17.4 Å². The first-order chi connectivity index (χ1) is 10.9. The molecule has 0 aromatic rings. The Labute approximate surface area is 140 Å². The molecule has 0 saturated heterocycles. The maximum absolute atomic E-state index is 11.2. The Morgan fingerprint density at radius 3 is 2.78 bits per heavy atom. The molecule has 2 N–H and O–H groups in total. The van der Waals surface area contributed by atoms with Crippen LogP contribution in [0.15, 0.2) is 11.6 Å². The maximum Gasteiger partial charge on any atom is 0.133 e. The fraction of sp³-hybridized carbons (Fsp3) is 0.810. The minimum absolute atomic E-state index is 0.123. The second kappa shape index (κ2) is 5.11. The number of fused-ring (bicyclic) bond motifs is 5. The van der Waals surface area contributed by atoms with E-state index >= 15 is 0 Å². The molecule has 2 heteroatoms. The van der Waals surface area contributed by atoms with Gasteiger partial charge in [0, 0.05) is 5.41 Å². The summed E-state index contributed by atoms with van der Waals surface area (Å²) in [6, 6.07) is 0. The summed E-state index contributed by atoms with van der Waals surface area (Å²) in [6.07, 6.45) is 15.5. The topological polar surface area (TPSA) is 40.5 Å². The molecule has 23 heavy (non-hydrogen) atoms. The van der Waals surface area contributed by atoms with E-state index in [2.05, 4.69) is 25.8 Å². The zero-order valence-electron chi connectivity index (χ0n) is 14.5. The fourth-order valence-corrected chi connectivity index (χ4v) is 6.90. The van der Waals surface area contributed by atoms with Crippen LogP contribution in [-0.4, -0.2) is 21.9 Å². The Bertz CT molecular complexity index is 573. The summed E-state index contributed by atoms with van der Waals surface area (Å²) in [5, 5.41) is 21.2. The highest BCUT2D eigenvalue weighted by molar-refractivity contribution is 5.27. The molecule has 4 aliphatic carbocycles. The predicted molar refractivity (Wildman–Crippen MR) is 91.4 cm³/mol. The molecule has 4 rings (SSSR count). The van der Waals surface area contributed by atoms with Gasteiger partial charge in [-0.25, -0.2) is 0 Å². The molecule has 0 radical (unpaired) electrons. The van der Waals surface area contributed by atoms with Gasteiger partial charge in [0.1, 0.15) is 5.60 Å². The van der Waals surface area contributed by atoms with Crippen molar-refractivity contribution in [2.75, 3.05) is 0 Å². The van der Waals surface area contributed by atoms with E-state index in [1.807, 2.05) is 0 Å². The van der Waals surface area contributed by atoms with Crippen LogP contribution < -0.4 is 0 Å². The van der Waals surface area contributed by atoms with Crippen molar-refractivity contribution in [3.63, 3.8) is 0 Å². The van der Waals surface area contributed by atoms with Gasteiger partial charge in [-0.2, -0.15) is 0 Å². The molecule has 0 aromatic carbocycles. The summed E-state index contributed by atoms with van der Waals surface area (Å²) in [5.41, 5.74) is 0.462. The predicted octanol–water partition coefficient (Wildman–Crippen LogP) is 3.53. The minimum Gasteiger partial charge on any atom is -0.393 e. The molecule has 0 bridgehead atoms. The van der Waals surface area contributed by atoms with Crippen LogP contribution in [0.3, 0.4) is 0 Å². The van der Waals surface area contributed by atoms with E-state index in [0.29, 0.717) is 17.8 Å². The summed E-state index contributed by atoms with van der Waals surface area (Å²) < 4.78 is 0. The van der Waals surface area contributed by atoms with Crippen molar-refractivity contribution in [2.24, 2.45) is 35.0 Å². The van der Waals surface area contributed by atoms with Crippen molar-refractivity contribution < 1.29 is 10.2 Å². The SMILES string of the molecule is C#C[C@]1(O)[C@H](C)CC2C3CC=C4C[C@H](O)CC[C@@H]4C3CC[C@@]21C. The second-order valence-corrected chi connectivity index (χ2v) is 8.99. The molecule has 0 aliphatic heterocycles. The quantitative estimate of drug-likeness (QED) is 0.530. The van der Waals surface area contributed by atoms with E-state index in [9.17, 15) is 10.2 Å². The molecule has 3 unspecified atom stereocenters. The minimum atomic E-state index is -0.935. The van der Waals surface area contributed by atoms with Gasteiger partial charge in [0.05, 0.1) is 6.10 Å². The van der Waals surface area contributed by atoms with Gasteiger partial charge >= 0.3 is 0 Å². The Hall–Kier alpha value is -0.780. The van der Waals surface area contributed by atoms with Crippen LogP contribution >= 0.6 is 0 Å². The van der Waals surface area contributed by atoms with Crippen molar-refractivity contribution in [3.05, 3.63) is 11.6 Å². The molecule has 0 amide bonds. The third kappa shape index (κ3) is 1.96. The molecular weight excluding hydrogens is 284 g/mol. The zero-order chi connectivity index (χ0) is 16.4. The highest BCUT2D eigenvalue weighted by Crippen LogP contribution is 2.65. The molecule has 0 spiro atoms. The Morgan fingerprint density at radius 1 is 1.26 bits per heavy atom. The van der Waals surface area contributed by atoms with Crippen molar-refractivity contribution in [2.45, 2.75) is 70.5 Å². The van der Waals surface area contributed by atoms with E-state index in [0.717, 1.165) is 44.4 Å². The Balaban J connectivity index is 1.67. The average molecular weight is 314 g/mol. The third-order valence-corrected chi connectivity index (χ3v) is 8.22. The van der Waals surface area contributed by atoms with Gasteiger partial charge in [-0.05, 0) is 74.5 Å². The van der Waals surface area contributed by atoms with Crippen LogP contribution in [0.1, 0.15) is 58.8 Å². The van der Waals surface area contributed by atoms with Crippen molar-refractivity contribution in [3.8, 4) is 12.3 Å². The van der Waals surface area contributed by atoms with Gasteiger partial charge in [-0.15, -0.1) is 6.42 Å². The largest absolute Gasteiger partial charge is 0.393 e. The number of aliphatic hydroxyl groups is 2. The highest BCUT2D eigenvalue weighted by Gasteiger charge is 2.64. The van der Waals surface area contributed by atoms with Crippen LogP contribution in [0.2, 0.25) is 0 Å². The summed E-state index contributed by atoms with van der Waals surface area (Å²) in [7, 11) is 0. The van der Waals surface area contributed by atoms with Crippen molar-refractivity contribution >= 4 is 0 Å². The lowest BCUT2D eigenvalue weighted by Gasteiger charge is -2.54. The van der Waals surface area contributed by atoms with Crippen LogP contribution in [0, 0.1) is 47.3 Å². The van der Waals surface area contributed by atoms with Gasteiger partial charge in [0.15, 0.2) is 0 Å². The molecular formula is C21H30O2. The van der Waals surface area contributed by atoms with E-state index in [4.69, 9.17) is 6.42 Å². The number of terminal acetylenes is 1. The molecule has 8 atom stereocenters. The number of rotatable bonds is 0. The number of aliphatic hydroxyl groups excluding tert-OH is 1. The fourth-order valence-electron chi connectivity index (χ4n) is 6.90. The van der Waals surface area contributed by atoms with E-state index in [1.165, 1.54) is 12.0 Å². The Morgan fingerprint density at radius 2 is 2.04 bits per heavy atom. The van der Waals surface area contributed by atoms with Crippen molar-refractivity contribution in [1.82, 2.24) is 0 Å². The van der Waals surface area contributed by atoms with Crippen LogP contribution in [0.25, 0.3) is 0 Å². The van der Waals surface area contributed by atoms with Crippen LogP contribution in [-0.2, 0) is 0 Å². The van der Waals surface area contributed by atoms with Gasteiger partial charge in [-0.3, -0.25) is 0 Å². The third-order valence-electron chi connectivity index (χ3n) is 8.22. The van der Waals surface area contributed by atoms with Gasteiger partial charge in [-0.1, -0.05) is 31.4 Å². The number of hydrogen-bond donors (Lipinski definition) is 2.